The summed E-state index contributed by atoms with van der Waals surface area (Å²) in [4.78, 5) is 23.8. The summed E-state index contributed by atoms with van der Waals surface area (Å²) < 4.78 is 38.2. The highest BCUT2D eigenvalue weighted by Gasteiger charge is 2.30. The summed E-state index contributed by atoms with van der Waals surface area (Å²) in [5.74, 6) is 2.13. The van der Waals surface area contributed by atoms with E-state index in [-0.39, 0.29) is 5.82 Å². The number of halogens is 3. The van der Waals surface area contributed by atoms with Crippen LogP contribution in [0.15, 0.2) is 55.0 Å². The highest BCUT2D eigenvalue weighted by molar-refractivity contribution is 5.86. The van der Waals surface area contributed by atoms with Gasteiger partial charge in [-0.15, -0.1) is 0 Å². The number of imidazole rings is 1. The van der Waals surface area contributed by atoms with Crippen molar-refractivity contribution in [2.45, 2.75) is 51.6 Å². The Morgan fingerprint density at radius 1 is 1.05 bits per heavy atom. The Morgan fingerprint density at radius 2 is 1.73 bits per heavy atom. The minimum Gasteiger partial charge on any atom is -0.382 e. The molecule has 3 heterocycles. The summed E-state index contributed by atoms with van der Waals surface area (Å²) in [6.45, 7) is 4.40. The number of carbonyl (C=O) groups excluding carboxylic acids is 1. The highest BCUT2D eigenvalue weighted by Crippen LogP contribution is 2.34. The van der Waals surface area contributed by atoms with Gasteiger partial charge in [0.05, 0.1) is 5.56 Å². The van der Waals surface area contributed by atoms with Crippen LogP contribution >= 0.6 is 0 Å². The number of nitrogens with two attached hydrogens (primary N) is 1. The number of hydrogen-bond acceptors (Lipinski definition) is 6. The van der Waals surface area contributed by atoms with Crippen molar-refractivity contribution in [3.05, 3.63) is 71.9 Å². The van der Waals surface area contributed by atoms with Crippen molar-refractivity contribution in [3.63, 3.8) is 0 Å². The van der Waals surface area contributed by atoms with Gasteiger partial charge in [0.15, 0.2) is 0 Å². The average Bonchev–Trinajstić information content (AvgIpc) is 3.29. The van der Waals surface area contributed by atoms with Crippen LogP contribution in [-0.4, -0.2) is 32.7 Å². The van der Waals surface area contributed by atoms with Crippen molar-refractivity contribution >= 4 is 23.4 Å². The second-order valence-corrected chi connectivity index (χ2v) is 8.54. The minimum atomic E-state index is -4.30. The van der Waals surface area contributed by atoms with Gasteiger partial charge in [0.25, 0.3) is 0 Å². The van der Waals surface area contributed by atoms with E-state index in [1.807, 2.05) is 18.3 Å². The number of nitrogens with one attached hydrogen (secondary N) is 1. The van der Waals surface area contributed by atoms with Crippen LogP contribution < -0.4 is 11.1 Å². The smallest absolute Gasteiger partial charge is 0.382 e. The van der Waals surface area contributed by atoms with Gasteiger partial charge in [-0.2, -0.15) is 13.2 Å². The maximum Gasteiger partial charge on any atom is 0.416 e. The maximum absolute atomic E-state index is 12.0. The topological polar surface area (TPSA) is 98.2 Å². The number of anilines is 2. The number of nitrogen functional groups attached to an aromatic ring is 1. The Balaban J connectivity index is 0.000000266. The maximum atomic E-state index is 12.0. The lowest BCUT2D eigenvalue weighted by molar-refractivity contribution is -0.137. The van der Waals surface area contributed by atoms with Gasteiger partial charge in [0.2, 0.25) is 0 Å². The van der Waals surface area contributed by atoms with Crippen molar-refractivity contribution in [2.24, 2.45) is 0 Å². The first-order chi connectivity index (χ1) is 17.7. The molecule has 3 aromatic heterocycles. The summed E-state index contributed by atoms with van der Waals surface area (Å²) in [6.07, 6.45) is 5.75. The largest absolute Gasteiger partial charge is 0.416 e. The van der Waals surface area contributed by atoms with Gasteiger partial charge in [-0.1, -0.05) is 51.0 Å². The van der Waals surface area contributed by atoms with E-state index >= 15 is 0 Å². The Kier molecular flexibility index (Phi) is 9.21. The van der Waals surface area contributed by atoms with Crippen molar-refractivity contribution < 1.29 is 18.0 Å². The summed E-state index contributed by atoms with van der Waals surface area (Å²) in [7, 11) is 1.52. The van der Waals surface area contributed by atoms with E-state index in [0.717, 1.165) is 72.9 Å². The van der Waals surface area contributed by atoms with Crippen LogP contribution in [-0.2, 0) is 6.18 Å². The van der Waals surface area contributed by atoms with Gasteiger partial charge in [-0.3, -0.25) is 9.20 Å². The second kappa shape index (κ2) is 12.3. The predicted molar refractivity (Wildman–Crippen MR) is 140 cm³/mol. The first-order valence-electron chi connectivity index (χ1n) is 12.1. The number of benzene rings is 1. The molecule has 0 aliphatic heterocycles. The quantitative estimate of drug-likeness (QED) is 0.258. The third kappa shape index (κ3) is 6.63. The number of carbonyl (C=O) groups is 1. The van der Waals surface area contributed by atoms with E-state index in [4.69, 9.17) is 10.7 Å². The van der Waals surface area contributed by atoms with Gasteiger partial charge in [-0.05, 0) is 25.0 Å². The van der Waals surface area contributed by atoms with Crippen LogP contribution in [0, 0.1) is 0 Å². The third-order valence-corrected chi connectivity index (χ3v) is 5.91. The lowest BCUT2D eigenvalue weighted by Gasteiger charge is -2.14. The van der Waals surface area contributed by atoms with Crippen molar-refractivity contribution in [2.75, 3.05) is 18.1 Å². The summed E-state index contributed by atoms with van der Waals surface area (Å²) >= 11 is 0. The molecule has 0 atom stereocenters. The van der Waals surface area contributed by atoms with E-state index < -0.39 is 11.7 Å². The molecule has 4 aromatic rings. The van der Waals surface area contributed by atoms with Gasteiger partial charge in [-0.25, -0.2) is 15.0 Å². The molecule has 1 aromatic carbocycles. The molecule has 0 aliphatic carbocycles. The molecule has 3 N–H and O–H groups in total. The zero-order chi connectivity index (χ0) is 27.0. The molecule has 0 spiro atoms. The Morgan fingerprint density at radius 3 is 2.30 bits per heavy atom. The molecular weight excluding hydrogens is 481 g/mol. The summed E-state index contributed by atoms with van der Waals surface area (Å²) in [6, 6.07) is 9.32. The van der Waals surface area contributed by atoms with Gasteiger partial charge >= 0.3 is 6.18 Å². The molecule has 37 heavy (non-hydrogen) atoms. The van der Waals surface area contributed by atoms with E-state index in [9.17, 15) is 18.0 Å². The van der Waals surface area contributed by atoms with Crippen molar-refractivity contribution in [1.82, 2.24) is 19.4 Å². The highest BCUT2D eigenvalue weighted by atomic mass is 19.4. The molecule has 10 heteroatoms. The zero-order valence-corrected chi connectivity index (χ0v) is 21.1. The predicted octanol–water partition coefficient (Wildman–Crippen LogP) is 6.62. The number of aromatic nitrogens is 4. The number of aldehydes is 1. The van der Waals surface area contributed by atoms with Gasteiger partial charge < -0.3 is 11.1 Å². The lowest BCUT2D eigenvalue weighted by atomic mass is 9.97. The first kappa shape index (κ1) is 27.6. The fourth-order valence-electron chi connectivity index (χ4n) is 4.14. The van der Waals surface area contributed by atoms with Crippen LogP contribution in [0.2, 0.25) is 0 Å². The SMILES string of the molecule is CCCC(CCC)c1nc(-c2ccc(C=O)cc2)c2c(N)nccn12.CNc1cc(C(F)(F)F)ccn1. The molecule has 0 saturated carbocycles. The average molecular weight is 513 g/mol. The minimum absolute atomic E-state index is 0.213. The molecule has 0 amide bonds. The first-order valence-corrected chi connectivity index (χ1v) is 12.1. The monoisotopic (exact) mass is 512 g/mol. The Hall–Kier alpha value is -3.95. The number of rotatable bonds is 8. The van der Waals surface area contributed by atoms with Crippen LogP contribution in [0.5, 0.6) is 0 Å². The normalized spacial score (nSPS) is 11.3. The standard InChI is InChI=1S/C20H24N4O.C7H7F3N2/c1-3-5-16(6-4-2)20-23-17(15-9-7-14(13-25)8-10-15)18-19(21)22-11-12-24(18)20;1-11-6-4-5(2-3-12-6)7(8,9)10/h7-13,16H,3-6H2,1-2H3,(H2,21,22);2-4H,1H3,(H,11,12). The zero-order valence-electron chi connectivity index (χ0n) is 21.1. The third-order valence-electron chi connectivity index (χ3n) is 5.91. The van der Waals surface area contributed by atoms with Gasteiger partial charge in [0, 0.05) is 42.7 Å². The molecule has 0 bridgehead atoms. The number of fused-ring (bicyclic) bond motifs is 1. The molecule has 0 fully saturated rings. The Labute approximate surface area is 214 Å². The summed E-state index contributed by atoms with van der Waals surface area (Å²) in [5, 5.41) is 2.53. The lowest BCUT2D eigenvalue weighted by Crippen LogP contribution is -2.05. The van der Waals surface area contributed by atoms with Crippen molar-refractivity contribution in [1.29, 1.82) is 0 Å². The molecule has 0 radical (unpaired) electrons. The second-order valence-electron chi connectivity index (χ2n) is 8.54. The molecule has 196 valence electrons. The molecule has 0 saturated heterocycles. The fourth-order valence-corrected chi connectivity index (χ4v) is 4.14. The van der Waals surface area contributed by atoms with E-state index in [1.54, 1.807) is 18.3 Å². The van der Waals surface area contributed by atoms with Crippen LogP contribution in [0.4, 0.5) is 24.8 Å². The molecule has 0 aliphatic rings. The molecule has 4 rings (SSSR count). The Bertz CT molecular complexity index is 1310. The van der Waals surface area contributed by atoms with Crippen LogP contribution in [0.25, 0.3) is 16.8 Å². The number of alkyl halides is 3. The fraction of sp³-hybridized carbons (Fsp3) is 0.333. The summed E-state index contributed by atoms with van der Waals surface area (Å²) in [5.41, 5.74) is 8.75. The van der Waals surface area contributed by atoms with E-state index in [2.05, 4.69) is 33.5 Å². The molecule has 0 unspecified atom stereocenters. The van der Waals surface area contributed by atoms with E-state index in [0.29, 0.717) is 17.3 Å². The molecule has 7 nitrogen and oxygen atoms in total. The van der Waals surface area contributed by atoms with E-state index in [1.165, 1.54) is 7.05 Å². The number of nitrogens with zero attached hydrogens (tertiary/aromatic N) is 4. The molecular formula is C27H31F3N6O. The van der Waals surface area contributed by atoms with Crippen LogP contribution in [0.1, 0.15) is 67.2 Å². The van der Waals surface area contributed by atoms with Crippen LogP contribution in [0.3, 0.4) is 0 Å². The number of pyridine rings is 1. The van der Waals surface area contributed by atoms with Gasteiger partial charge in [0.1, 0.15) is 35.0 Å². The van der Waals surface area contributed by atoms with Crippen molar-refractivity contribution in [3.8, 4) is 11.3 Å². The number of hydrogen-bond donors (Lipinski definition) is 2.